The van der Waals surface area contributed by atoms with E-state index in [1.165, 1.54) is 11.1 Å². The van der Waals surface area contributed by atoms with Crippen molar-refractivity contribution >= 4 is 6.29 Å². The normalized spacial score (nSPS) is 13.4. The van der Waals surface area contributed by atoms with Gasteiger partial charge >= 0.3 is 0 Å². The SMILES string of the molecule is O=CCCCc1cccc2c1OCC2. The van der Waals surface area contributed by atoms with Crippen LogP contribution in [0, 0.1) is 0 Å². The van der Waals surface area contributed by atoms with E-state index in [9.17, 15) is 4.79 Å². The largest absolute Gasteiger partial charge is 0.493 e. The molecule has 1 aromatic carbocycles. The molecular formula is C12H14O2. The second-order valence-corrected chi connectivity index (χ2v) is 3.56. The number of para-hydroxylation sites is 1. The van der Waals surface area contributed by atoms with Gasteiger partial charge in [0, 0.05) is 12.8 Å². The molecule has 14 heavy (non-hydrogen) atoms. The summed E-state index contributed by atoms with van der Waals surface area (Å²) >= 11 is 0. The summed E-state index contributed by atoms with van der Waals surface area (Å²) < 4.78 is 5.57. The van der Waals surface area contributed by atoms with Crippen molar-refractivity contribution in [3.05, 3.63) is 29.3 Å². The van der Waals surface area contributed by atoms with Crippen molar-refractivity contribution < 1.29 is 9.53 Å². The fraction of sp³-hybridized carbons (Fsp3) is 0.417. The van der Waals surface area contributed by atoms with Gasteiger partial charge in [-0.2, -0.15) is 0 Å². The highest BCUT2D eigenvalue weighted by Gasteiger charge is 2.14. The van der Waals surface area contributed by atoms with Crippen LogP contribution in [-0.2, 0) is 17.6 Å². The molecule has 0 bridgehead atoms. The molecular weight excluding hydrogens is 176 g/mol. The quantitative estimate of drug-likeness (QED) is 0.537. The van der Waals surface area contributed by atoms with Crippen LogP contribution in [0.25, 0.3) is 0 Å². The van der Waals surface area contributed by atoms with E-state index in [0.717, 1.165) is 37.9 Å². The molecule has 2 heteroatoms. The Labute approximate surface area is 83.9 Å². The summed E-state index contributed by atoms with van der Waals surface area (Å²) in [6.07, 6.45) is 4.51. The summed E-state index contributed by atoms with van der Waals surface area (Å²) in [5.74, 6) is 1.07. The first-order valence-electron chi connectivity index (χ1n) is 5.09. The van der Waals surface area contributed by atoms with Gasteiger partial charge in [-0.15, -0.1) is 0 Å². The molecule has 0 N–H and O–H groups in total. The minimum atomic E-state index is 0.643. The van der Waals surface area contributed by atoms with Crippen molar-refractivity contribution in [3.8, 4) is 5.75 Å². The summed E-state index contributed by atoms with van der Waals surface area (Å²) in [7, 11) is 0. The summed E-state index contributed by atoms with van der Waals surface area (Å²) in [4.78, 5) is 10.2. The minimum Gasteiger partial charge on any atom is -0.493 e. The first kappa shape index (κ1) is 9.25. The highest BCUT2D eigenvalue weighted by molar-refractivity contribution is 5.49. The molecule has 0 fully saturated rings. The Morgan fingerprint density at radius 2 is 2.36 bits per heavy atom. The lowest BCUT2D eigenvalue weighted by atomic mass is 10.0. The van der Waals surface area contributed by atoms with Gasteiger partial charge in [0.05, 0.1) is 6.61 Å². The number of hydrogen-bond donors (Lipinski definition) is 0. The van der Waals surface area contributed by atoms with E-state index in [1.54, 1.807) is 0 Å². The molecule has 0 amide bonds. The number of ether oxygens (including phenoxy) is 1. The number of hydrogen-bond acceptors (Lipinski definition) is 2. The Morgan fingerprint density at radius 1 is 1.43 bits per heavy atom. The van der Waals surface area contributed by atoms with Crippen molar-refractivity contribution in [2.75, 3.05) is 6.61 Å². The van der Waals surface area contributed by atoms with Crippen LogP contribution in [0.3, 0.4) is 0 Å². The van der Waals surface area contributed by atoms with E-state index in [2.05, 4.69) is 18.2 Å². The number of unbranched alkanes of at least 4 members (excludes halogenated alkanes) is 1. The van der Waals surface area contributed by atoms with Gasteiger partial charge in [0.25, 0.3) is 0 Å². The molecule has 74 valence electrons. The molecule has 2 rings (SSSR count). The van der Waals surface area contributed by atoms with E-state index >= 15 is 0 Å². The van der Waals surface area contributed by atoms with Crippen molar-refractivity contribution in [1.29, 1.82) is 0 Å². The van der Waals surface area contributed by atoms with E-state index in [1.807, 2.05) is 0 Å². The average Bonchev–Trinajstić information content (AvgIpc) is 2.67. The van der Waals surface area contributed by atoms with Crippen LogP contribution in [0.4, 0.5) is 0 Å². The lowest BCUT2D eigenvalue weighted by Gasteiger charge is -2.06. The van der Waals surface area contributed by atoms with Crippen LogP contribution < -0.4 is 4.74 Å². The maximum Gasteiger partial charge on any atom is 0.125 e. The number of aldehydes is 1. The molecule has 0 aromatic heterocycles. The molecule has 1 aliphatic rings. The maximum atomic E-state index is 10.2. The number of benzene rings is 1. The highest BCUT2D eigenvalue weighted by Crippen LogP contribution is 2.30. The van der Waals surface area contributed by atoms with Gasteiger partial charge in [-0.25, -0.2) is 0 Å². The summed E-state index contributed by atoms with van der Waals surface area (Å²) in [5.41, 5.74) is 2.57. The molecule has 1 aliphatic heterocycles. The monoisotopic (exact) mass is 190 g/mol. The van der Waals surface area contributed by atoms with Crippen LogP contribution in [-0.4, -0.2) is 12.9 Å². The third-order valence-corrected chi connectivity index (χ3v) is 2.56. The van der Waals surface area contributed by atoms with Crippen molar-refractivity contribution in [2.24, 2.45) is 0 Å². The van der Waals surface area contributed by atoms with Gasteiger partial charge in [0.2, 0.25) is 0 Å². The Balaban J connectivity index is 2.10. The molecule has 0 spiro atoms. The molecule has 1 aromatic rings. The van der Waals surface area contributed by atoms with Crippen LogP contribution in [0.5, 0.6) is 5.75 Å². The fourth-order valence-corrected chi connectivity index (χ4v) is 1.86. The zero-order valence-corrected chi connectivity index (χ0v) is 8.16. The second-order valence-electron chi connectivity index (χ2n) is 3.56. The zero-order valence-electron chi connectivity index (χ0n) is 8.16. The van der Waals surface area contributed by atoms with Crippen LogP contribution in [0.1, 0.15) is 24.0 Å². The predicted molar refractivity (Wildman–Crippen MR) is 54.6 cm³/mol. The third-order valence-electron chi connectivity index (χ3n) is 2.56. The summed E-state index contributed by atoms with van der Waals surface area (Å²) in [5, 5.41) is 0. The Hall–Kier alpha value is -1.31. The molecule has 0 atom stereocenters. The standard InChI is InChI=1S/C12H14O2/c13-8-2-1-4-10-5-3-6-11-7-9-14-12(10)11/h3,5-6,8H,1-2,4,7,9H2. The van der Waals surface area contributed by atoms with Gasteiger partial charge in [0.1, 0.15) is 12.0 Å². The van der Waals surface area contributed by atoms with Gasteiger partial charge in [-0.3, -0.25) is 0 Å². The van der Waals surface area contributed by atoms with Gasteiger partial charge in [-0.05, 0) is 24.0 Å². The topological polar surface area (TPSA) is 26.3 Å². The third kappa shape index (κ3) is 1.79. The van der Waals surface area contributed by atoms with Crippen LogP contribution in [0.2, 0.25) is 0 Å². The van der Waals surface area contributed by atoms with Gasteiger partial charge in [0.15, 0.2) is 0 Å². The Bertz CT molecular complexity index is 331. The predicted octanol–water partition coefficient (Wildman–Crippen LogP) is 2.14. The minimum absolute atomic E-state index is 0.643. The molecule has 0 saturated carbocycles. The summed E-state index contributed by atoms with van der Waals surface area (Å²) in [6, 6.07) is 6.28. The molecule has 2 nitrogen and oxygen atoms in total. The van der Waals surface area contributed by atoms with E-state index in [-0.39, 0.29) is 0 Å². The lowest BCUT2D eigenvalue weighted by Crippen LogP contribution is -1.92. The maximum absolute atomic E-state index is 10.2. The van der Waals surface area contributed by atoms with Crippen molar-refractivity contribution in [3.63, 3.8) is 0 Å². The zero-order chi connectivity index (χ0) is 9.80. The number of fused-ring (bicyclic) bond motifs is 1. The molecule has 0 radical (unpaired) electrons. The van der Waals surface area contributed by atoms with Crippen molar-refractivity contribution in [2.45, 2.75) is 25.7 Å². The molecule has 0 unspecified atom stereocenters. The second kappa shape index (κ2) is 4.27. The van der Waals surface area contributed by atoms with E-state index in [0.29, 0.717) is 6.42 Å². The van der Waals surface area contributed by atoms with Crippen LogP contribution >= 0.6 is 0 Å². The summed E-state index contributed by atoms with van der Waals surface area (Å²) in [6.45, 7) is 0.806. The highest BCUT2D eigenvalue weighted by atomic mass is 16.5. The van der Waals surface area contributed by atoms with Crippen LogP contribution in [0.15, 0.2) is 18.2 Å². The fourth-order valence-electron chi connectivity index (χ4n) is 1.86. The number of aryl methyl sites for hydroxylation is 1. The van der Waals surface area contributed by atoms with Gasteiger partial charge in [-0.1, -0.05) is 18.2 Å². The van der Waals surface area contributed by atoms with E-state index in [4.69, 9.17) is 4.74 Å². The number of carbonyl (C=O) groups is 1. The molecule has 1 heterocycles. The first-order chi connectivity index (χ1) is 6.92. The molecule has 0 aliphatic carbocycles. The Kier molecular flexibility index (Phi) is 2.82. The van der Waals surface area contributed by atoms with Gasteiger partial charge < -0.3 is 9.53 Å². The first-order valence-corrected chi connectivity index (χ1v) is 5.09. The molecule has 0 saturated heterocycles. The number of rotatable bonds is 4. The lowest BCUT2D eigenvalue weighted by molar-refractivity contribution is -0.107. The number of carbonyl (C=O) groups excluding carboxylic acids is 1. The van der Waals surface area contributed by atoms with Crippen molar-refractivity contribution in [1.82, 2.24) is 0 Å². The van der Waals surface area contributed by atoms with E-state index < -0.39 is 0 Å². The average molecular weight is 190 g/mol. The smallest absolute Gasteiger partial charge is 0.125 e. The Morgan fingerprint density at radius 3 is 3.21 bits per heavy atom.